The lowest BCUT2D eigenvalue weighted by atomic mass is 10.0. The van der Waals surface area contributed by atoms with Crippen molar-refractivity contribution in [3.63, 3.8) is 0 Å². The average molecular weight is 546 g/mol. The van der Waals surface area contributed by atoms with E-state index in [4.69, 9.17) is 24.3 Å². The second-order valence-corrected chi connectivity index (χ2v) is 10.4. The van der Waals surface area contributed by atoms with Crippen molar-refractivity contribution in [1.82, 2.24) is 14.6 Å². The number of para-hydroxylation sites is 1. The molecular formula is C22H29F2N4O8P. The lowest BCUT2D eigenvalue weighted by Gasteiger charge is -2.30. The maximum Gasteiger partial charge on any atom is 0.459 e. The molecule has 2 aromatic rings. The smallest absolute Gasteiger partial charge is 0.459 e. The van der Waals surface area contributed by atoms with Crippen LogP contribution in [0.3, 0.4) is 0 Å². The van der Waals surface area contributed by atoms with Crippen LogP contribution < -0.4 is 21.0 Å². The normalized spacial score (nSPS) is 24.1. The van der Waals surface area contributed by atoms with Gasteiger partial charge in [-0.2, -0.15) is 10.1 Å². The quantitative estimate of drug-likeness (QED) is 0.280. The Morgan fingerprint density at radius 1 is 1.32 bits per heavy atom. The van der Waals surface area contributed by atoms with E-state index in [0.717, 1.165) is 10.8 Å². The lowest BCUT2D eigenvalue weighted by molar-refractivity contribution is -0.170. The van der Waals surface area contributed by atoms with Crippen molar-refractivity contribution in [2.45, 2.75) is 63.7 Å². The highest BCUT2D eigenvalue weighted by atomic mass is 31.2. The molecule has 1 saturated heterocycles. The van der Waals surface area contributed by atoms with Gasteiger partial charge in [-0.15, -0.1) is 0 Å². The number of aliphatic hydroxyl groups excluding tert-OH is 1. The first-order chi connectivity index (χ1) is 17.3. The third-order valence-corrected chi connectivity index (χ3v) is 6.89. The number of nitrogens with two attached hydrogens (primary N) is 1. The summed E-state index contributed by atoms with van der Waals surface area (Å²) in [6.45, 7) is 3.55. The SMILES string of the molecule is CC(C)OC(=O)[C@H](C)NP(=O)(OC[C@]1(C(F)F)C[C@@H](O)[C@H](n2ccc(N)nc2=O)O1)Oc1ccccc1. The minimum Gasteiger partial charge on any atom is -0.462 e. The van der Waals surface area contributed by atoms with Crippen LogP contribution in [-0.2, 0) is 23.4 Å². The van der Waals surface area contributed by atoms with Gasteiger partial charge in [-0.3, -0.25) is 13.9 Å². The second kappa shape index (κ2) is 11.7. The third-order valence-electron chi connectivity index (χ3n) is 5.27. The summed E-state index contributed by atoms with van der Waals surface area (Å²) in [5.74, 6) is -0.812. The van der Waals surface area contributed by atoms with Gasteiger partial charge in [-0.05, 0) is 39.0 Å². The van der Waals surface area contributed by atoms with E-state index in [1.54, 1.807) is 32.0 Å². The van der Waals surface area contributed by atoms with E-state index in [1.807, 2.05) is 0 Å². The first kappa shape index (κ1) is 28.7. The summed E-state index contributed by atoms with van der Waals surface area (Å²) < 4.78 is 64.4. The number of nitrogens with one attached hydrogen (secondary N) is 1. The number of nitrogens with zero attached hydrogens (tertiary/aromatic N) is 2. The number of aliphatic hydroxyl groups is 1. The predicted octanol–water partition coefficient (Wildman–Crippen LogP) is 2.24. The number of hydrogen-bond acceptors (Lipinski definition) is 10. The van der Waals surface area contributed by atoms with Gasteiger partial charge >= 0.3 is 19.4 Å². The van der Waals surface area contributed by atoms with E-state index in [9.17, 15) is 28.0 Å². The van der Waals surface area contributed by atoms with Gasteiger partial charge in [-0.1, -0.05) is 18.2 Å². The number of benzene rings is 1. The van der Waals surface area contributed by atoms with Crippen LogP contribution in [0.4, 0.5) is 14.6 Å². The zero-order valence-corrected chi connectivity index (χ0v) is 21.2. The number of aromatic nitrogens is 2. The summed E-state index contributed by atoms with van der Waals surface area (Å²) in [5.41, 5.74) is 2.05. The molecule has 0 bridgehead atoms. The number of halogens is 2. The number of ether oxygens (including phenoxy) is 2. The van der Waals surface area contributed by atoms with Gasteiger partial charge in [0, 0.05) is 12.6 Å². The Hall–Kier alpha value is -2.90. The van der Waals surface area contributed by atoms with E-state index in [0.29, 0.717) is 0 Å². The van der Waals surface area contributed by atoms with E-state index in [2.05, 4.69) is 10.1 Å². The van der Waals surface area contributed by atoms with Gasteiger partial charge in [-0.25, -0.2) is 18.1 Å². The van der Waals surface area contributed by atoms with Gasteiger partial charge in [0.1, 0.15) is 23.7 Å². The summed E-state index contributed by atoms with van der Waals surface area (Å²) in [7, 11) is -4.50. The van der Waals surface area contributed by atoms with E-state index >= 15 is 0 Å². The highest BCUT2D eigenvalue weighted by Crippen LogP contribution is 2.49. The van der Waals surface area contributed by atoms with Crippen LogP contribution in [0.5, 0.6) is 5.75 Å². The van der Waals surface area contributed by atoms with Crippen molar-refractivity contribution in [3.8, 4) is 5.75 Å². The number of anilines is 1. The fourth-order valence-electron chi connectivity index (χ4n) is 3.51. The average Bonchev–Trinajstić information content (AvgIpc) is 3.15. The summed E-state index contributed by atoms with van der Waals surface area (Å²) in [4.78, 5) is 28.0. The summed E-state index contributed by atoms with van der Waals surface area (Å²) in [5, 5.41) is 12.9. The maximum atomic E-state index is 14.3. The molecule has 12 nitrogen and oxygen atoms in total. The van der Waals surface area contributed by atoms with Crippen molar-refractivity contribution in [1.29, 1.82) is 0 Å². The van der Waals surface area contributed by atoms with E-state index < -0.39 is 68.9 Å². The van der Waals surface area contributed by atoms with Crippen LogP contribution >= 0.6 is 7.75 Å². The highest BCUT2D eigenvalue weighted by Gasteiger charge is 2.55. The second-order valence-electron chi connectivity index (χ2n) is 8.70. The zero-order valence-electron chi connectivity index (χ0n) is 20.3. The molecular weight excluding hydrogens is 517 g/mol. The lowest BCUT2D eigenvalue weighted by Crippen LogP contribution is -2.44. The summed E-state index contributed by atoms with van der Waals surface area (Å²) >= 11 is 0. The van der Waals surface area contributed by atoms with Gasteiger partial charge in [0.05, 0.1) is 12.7 Å². The van der Waals surface area contributed by atoms with Gasteiger partial charge in [0.25, 0.3) is 6.43 Å². The summed E-state index contributed by atoms with van der Waals surface area (Å²) in [6, 6.07) is 7.75. The molecule has 1 fully saturated rings. The molecule has 1 aliphatic rings. The summed E-state index contributed by atoms with van der Waals surface area (Å²) in [6.07, 6.45) is -6.34. The number of hydrogen-bond donors (Lipinski definition) is 3. The van der Waals surface area contributed by atoms with Crippen LogP contribution in [0.1, 0.15) is 33.4 Å². The first-order valence-corrected chi connectivity index (χ1v) is 12.8. The van der Waals surface area contributed by atoms with Crippen molar-refractivity contribution in [2.75, 3.05) is 12.3 Å². The molecule has 0 aliphatic carbocycles. The molecule has 3 rings (SSSR count). The Morgan fingerprint density at radius 3 is 2.59 bits per heavy atom. The molecule has 204 valence electrons. The monoisotopic (exact) mass is 546 g/mol. The van der Waals surface area contributed by atoms with Crippen LogP contribution in [0.2, 0.25) is 0 Å². The number of nitrogen functional groups attached to an aromatic ring is 1. The Balaban J connectivity index is 1.85. The van der Waals surface area contributed by atoms with Gasteiger partial charge in [0.2, 0.25) is 0 Å². The molecule has 0 amide bonds. The molecule has 0 radical (unpaired) electrons. The molecule has 1 aromatic heterocycles. The van der Waals surface area contributed by atoms with Crippen molar-refractivity contribution >= 4 is 19.5 Å². The van der Waals surface area contributed by atoms with Crippen LogP contribution in [0.15, 0.2) is 47.4 Å². The molecule has 4 N–H and O–H groups in total. The highest BCUT2D eigenvalue weighted by molar-refractivity contribution is 7.52. The first-order valence-electron chi connectivity index (χ1n) is 11.3. The molecule has 2 heterocycles. The molecule has 5 atom stereocenters. The topological polar surface area (TPSA) is 164 Å². The third kappa shape index (κ3) is 7.11. The molecule has 0 spiro atoms. The standard InChI is InChI=1S/C22H29F2N4O8P/c1-13(2)34-19(30)14(3)27-37(32,36-15-7-5-4-6-8-15)33-12-22(20(23)24)11-16(29)18(35-22)28-10-9-17(25)26-21(28)31/h4-10,13-14,16,18,20,29H,11-12H2,1-3H3,(H,27,32)(H2,25,26,31)/t14-,16+,18+,22-,37?/m0/s1. The van der Waals surface area contributed by atoms with E-state index in [1.165, 1.54) is 25.1 Å². The number of carbonyl (C=O) groups is 1. The van der Waals surface area contributed by atoms with Crippen molar-refractivity contribution in [2.24, 2.45) is 0 Å². The van der Waals surface area contributed by atoms with Gasteiger partial charge in [0.15, 0.2) is 11.8 Å². The number of alkyl halides is 2. The Kier molecular flexibility index (Phi) is 9.03. The molecule has 0 saturated carbocycles. The van der Waals surface area contributed by atoms with Crippen LogP contribution in [-0.4, -0.2) is 57.5 Å². The predicted molar refractivity (Wildman–Crippen MR) is 127 cm³/mol. The molecule has 1 aromatic carbocycles. The number of carbonyl (C=O) groups excluding carboxylic acids is 1. The fourth-order valence-corrected chi connectivity index (χ4v) is 5.06. The molecule has 1 unspecified atom stereocenters. The molecule has 15 heteroatoms. The fraction of sp³-hybridized carbons (Fsp3) is 0.500. The Bertz CT molecular complexity index is 1180. The van der Waals surface area contributed by atoms with Crippen molar-refractivity contribution < 1.29 is 41.8 Å². The Labute approximate surface area is 211 Å². The van der Waals surface area contributed by atoms with Crippen molar-refractivity contribution in [3.05, 3.63) is 53.1 Å². The van der Waals surface area contributed by atoms with Crippen LogP contribution in [0, 0.1) is 0 Å². The van der Waals surface area contributed by atoms with Crippen LogP contribution in [0.25, 0.3) is 0 Å². The van der Waals surface area contributed by atoms with Gasteiger partial charge < -0.3 is 24.8 Å². The zero-order chi connectivity index (χ0) is 27.4. The molecule has 37 heavy (non-hydrogen) atoms. The van der Waals surface area contributed by atoms with E-state index in [-0.39, 0.29) is 11.6 Å². The maximum absolute atomic E-state index is 14.3. The number of esters is 1. The number of rotatable bonds is 11. The largest absolute Gasteiger partial charge is 0.462 e. The Morgan fingerprint density at radius 2 is 2.00 bits per heavy atom. The minimum absolute atomic E-state index is 0.0682. The molecule has 1 aliphatic heterocycles. The minimum atomic E-state index is -4.50.